The van der Waals surface area contributed by atoms with Crippen LogP contribution in [0.5, 0.6) is 0 Å². The van der Waals surface area contributed by atoms with E-state index in [1.54, 1.807) is 0 Å². The molecule has 0 radical (unpaired) electrons. The second kappa shape index (κ2) is 4.39. The van der Waals surface area contributed by atoms with E-state index < -0.39 is 35.4 Å². The van der Waals surface area contributed by atoms with Gasteiger partial charge >= 0.3 is 0 Å². The van der Waals surface area contributed by atoms with Gasteiger partial charge in [-0.3, -0.25) is 0 Å². The molecule has 1 aromatic carbocycles. The maximum absolute atomic E-state index is 12.9. The summed E-state index contributed by atoms with van der Waals surface area (Å²) < 4.78 is 51.0. The van der Waals surface area contributed by atoms with Gasteiger partial charge in [-0.05, 0) is 0 Å². The zero-order chi connectivity index (χ0) is 10.7. The standard InChI is InChI=1S/C8H7F4NO/c1-14-13-3-4-7(11)5(9)2-6(10)8(4)12/h2,13H,3H2,1H3. The van der Waals surface area contributed by atoms with Crippen molar-refractivity contribution in [2.75, 3.05) is 7.11 Å². The third kappa shape index (κ3) is 2.02. The van der Waals surface area contributed by atoms with Crippen LogP contribution in [0.3, 0.4) is 0 Å². The minimum atomic E-state index is -1.43. The van der Waals surface area contributed by atoms with E-state index in [9.17, 15) is 17.6 Å². The van der Waals surface area contributed by atoms with Crippen molar-refractivity contribution in [2.45, 2.75) is 6.54 Å². The molecule has 2 nitrogen and oxygen atoms in total. The van der Waals surface area contributed by atoms with Gasteiger partial charge in [0.1, 0.15) is 0 Å². The molecule has 0 fully saturated rings. The summed E-state index contributed by atoms with van der Waals surface area (Å²) in [6, 6.07) is 0.154. The number of rotatable bonds is 3. The summed E-state index contributed by atoms with van der Waals surface area (Å²) >= 11 is 0. The first-order chi connectivity index (χ1) is 6.57. The van der Waals surface area contributed by atoms with Crippen molar-refractivity contribution >= 4 is 0 Å². The van der Waals surface area contributed by atoms with Gasteiger partial charge in [-0.2, -0.15) is 5.48 Å². The van der Waals surface area contributed by atoms with Gasteiger partial charge < -0.3 is 4.84 Å². The van der Waals surface area contributed by atoms with Crippen LogP contribution in [0.25, 0.3) is 0 Å². The van der Waals surface area contributed by atoms with E-state index in [-0.39, 0.29) is 6.07 Å². The average molecular weight is 209 g/mol. The number of halogens is 4. The topological polar surface area (TPSA) is 21.3 Å². The number of hydroxylamine groups is 1. The first-order valence-electron chi connectivity index (χ1n) is 3.65. The fraction of sp³-hybridized carbons (Fsp3) is 0.250. The van der Waals surface area contributed by atoms with E-state index in [1.807, 2.05) is 0 Å². The summed E-state index contributed by atoms with van der Waals surface area (Å²) in [5.74, 6) is -5.71. The molecule has 0 aromatic heterocycles. The number of hydrogen-bond donors (Lipinski definition) is 1. The SMILES string of the molecule is CONCc1c(F)c(F)cc(F)c1F. The van der Waals surface area contributed by atoms with Crippen molar-refractivity contribution < 1.29 is 22.4 Å². The Kier molecular flexibility index (Phi) is 3.43. The molecule has 1 aromatic rings. The van der Waals surface area contributed by atoms with E-state index in [0.29, 0.717) is 0 Å². The molecule has 0 spiro atoms. The quantitative estimate of drug-likeness (QED) is 0.466. The molecule has 0 aliphatic heterocycles. The molecule has 0 bridgehead atoms. The molecular formula is C8H7F4NO. The van der Waals surface area contributed by atoms with E-state index in [0.717, 1.165) is 0 Å². The van der Waals surface area contributed by atoms with Gasteiger partial charge in [0.25, 0.3) is 0 Å². The minimum Gasteiger partial charge on any atom is -0.305 e. The number of hydrogen-bond acceptors (Lipinski definition) is 2. The van der Waals surface area contributed by atoms with E-state index in [1.165, 1.54) is 7.11 Å². The second-order valence-electron chi connectivity index (χ2n) is 2.47. The van der Waals surface area contributed by atoms with Crippen molar-refractivity contribution in [1.29, 1.82) is 0 Å². The Balaban J connectivity index is 3.11. The molecule has 0 unspecified atom stereocenters. The van der Waals surface area contributed by atoms with Crippen molar-refractivity contribution in [3.63, 3.8) is 0 Å². The van der Waals surface area contributed by atoms with Crippen molar-refractivity contribution in [3.05, 3.63) is 34.9 Å². The molecule has 6 heteroatoms. The van der Waals surface area contributed by atoms with Gasteiger partial charge in [0.15, 0.2) is 23.3 Å². The largest absolute Gasteiger partial charge is 0.305 e. The highest BCUT2D eigenvalue weighted by atomic mass is 19.2. The van der Waals surface area contributed by atoms with Crippen molar-refractivity contribution in [1.82, 2.24) is 5.48 Å². The van der Waals surface area contributed by atoms with Crippen LogP contribution in [0.1, 0.15) is 5.56 Å². The Bertz CT molecular complexity index is 316. The molecule has 0 amide bonds. The lowest BCUT2D eigenvalue weighted by molar-refractivity contribution is 0.0846. The average Bonchev–Trinajstić information content (AvgIpc) is 2.15. The maximum atomic E-state index is 12.9. The molecule has 0 atom stereocenters. The lowest BCUT2D eigenvalue weighted by atomic mass is 10.2. The fourth-order valence-electron chi connectivity index (χ4n) is 0.922. The predicted molar refractivity (Wildman–Crippen MR) is 40.1 cm³/mol. The Morgan fingerprint density at radius 3 is 2.07 bits per heavy atom. The van der Waals surface area contributed by atoms with Gasteiger partial charge in [0.05, 0.1) is 13.7 Å². The Hall–Kier alpha value is -1.14. The molecule has 0 saturated heterocycles. The van der Waals surface area contributed by atoms with Gasteiger partial charge in [0.2, 0.25) is 0 Å². The minimum absolute atomic E-state index is 0.154. The lowest BCUT2D eigenvalue weighted by Crippen LogP contribution is -2.15. The molecule has 0 saturated carbocycles. The summed E-state index contributed by atoms with van der Waals surface area (Å²) in [5, 5.41) is 0. The Labute approximate surface area is 77.4 Å². The third-order valence-electron chi connectivity index (χ3n) is 1.60. The Morgan fingerprint density at radius 1 is 1.14 bits per heavy atom. The van der Waals surface area contributed by atoms with Crippen molar-refractivity contribution in [3.8, 4) is 0 Å². The van der Waals surface area contributed by atoms with Crippen LogP contribution in [0.4, 0.5) is 17.6 Å². The molecule has 1 N–H and O–H groups in total. The molecule has 0 heterocycles. The number of benzene rings is 1. The second-order valence-corrected chi connectivity index (χ2v) is 2.47. The lowest BCUT2D eigenvalue weighted by Gasteiger charge is -2.06. The monoisotopic (exact) mass is 209 g/mol. The molecular weight excluding hydrogens is 202 g/mol. The van der Waals surface area contributed by atoms with Crippen LogP contribution in [0.15, 0.2) is 6.07 Å². The molecule has 0 aliphatic rings. The van der Waals surface area contributed by atoms with Crippen LogP contribution < -0.4 is 5.48 Å². The van der Waals surface area contributed by atoms with Crippen molar-refractivity contribution in [2.24, 2.45) is 0 Å². The van der Waals surface area contributed by atoms with Gasteiger partial charge in [-0.1, -0.05) is 0 Å². The molecule has 1 rings (SSSR count). The first kappa shape index (κ1) is 10.9. The summed E-state index contributed by atoms with van der Waals surface area (Å²) in [4.78, 5) is 4.31. The summed E-state index contributed by atoms with van der Waals surface area (Å²) in [5.41, 5.74) is 1.36. The van der Waals surface area contributed by atoms with Gasteiger partial charge in [0, 0.05) is 11.6 Å². The highest BCUT2D eigenvalue weighted by Gasteiger charge is 2.18. The zero-order valence-corrected chi connectivity index (χ0v) is 7.20. The summed E-state index contributed by atoms with van der Waals surface area (Å²) in [6.45, 7) is -0.456. The Morgan fingerprint density at radius 2 is 1.64 bits per heavy atom. The normalized spacial score (nSPS) is 10.6. The third-order valence-corrected chi connectivity index (χ3v) is 1.60. The van der Waals surface area contributed by atoms with E-state index >= 15 is 0 Å². The number of nitrogens with one attached hydrogen (secondary N) is 1. The van der Waals surface area contributed by atoms with Crippen LogP contribution in [-0.2, 0) is 11.4 Å². The van der Waals surface area contributed by atoms with Crippen LogP contribution in [0, 0.1) is 23.3 Å². The molecule has 0 aliphatic carbocycles. The smallest absolute Gasteiger partial charge is 0.166 e. The molecule has 78 valence electrons. The van der Waals surface area contributed by atoms with E-state index in [2.05, 4.69) is 10.3 Å². The predicted octanol–water partition coefficient (Wildman–Crippen LogP) is 1.89. The fourth-order valence-corrected chi connectivity index (χ4v) is 0.922. The zero-order valence-electron chi connectivity index (χ0n) is 7.20. The summed E-state index contributed by atoms with van der Waals surface area (Å²) in [7, 11) is 1.21. The van der Waals surface area contributed by atoms with Crippen LogP contribution in [0.2, 0.25) is 0 Å². The highest BCUT2D eigenvalue weighted by molar-refractivity contribution is 5.22. The highest BCUT2D eigenvalue weighted by Crippen LogP contribution is 2.18. The maximum Gasteiger partial charge on any atom is 0.166 e. The first-order valence-corrected chi connectivity index (χ1v) is 3.65. The van der Waals surface area contributed by atoms with E-state index in [4.69, 9.17) is 0 Å². The summed E-state index contributed by atoms with van der Waals surface area (Å²) in [6.07, 6.45) is 0. The van der Waals surface area contributed by atoms with Crippen LogP contribution >= 0.6 is 0 Å². The van der Waals surface area contributed by atoms with Gasteiger partial charge in [-0.15, -0.1) is 0 Å². The molecule has 14 heavy (non-hydrogen) atoms. The van der Waals surface area contributed by atoms with Crippen LogP contribution in [-0.4, -0.2) is 7.11 Å². The van der Waals surface area contributed by atoms with Gasteiger partial charge in [-0.25, -0.2) is 17.6 Å².